The van der Waals surface area contributed by atoms with Crippen molar-refractivity contribution in [3.05, 3.63) is 41.5 Å². The van der Waals surface area contributed by atoms with Crippen LogP contribution in [0.5, 0.6) is 0 Å². The van der Waals surface area contributed by atoms with E-state index in [2.05, 4.69) is 15.6 Å². The van der Waals surface area contributed by atoms with Crippen molar-refractivity contribution in [1.82, 2.24) is 20.3 Å². The Kier molecular flexibility index (Phi) is 3.59. The van der Waals surface area contributed by atoms with Crippen LogP contribution in [0.15, 0.2) is 24.3 Å². The van der Waals surface area contributed by atoms with E-state index in [1.54, 1.807) is 19.1 Å². The molecule has 0 unspecified atom stereocenters. The molecule has 5 nitrogen and oxygen atoms in total. The third-order valence-corrected chi connectivity index (χ3v) is 2.60. The lowest BCUT2D eigenvalue weighted by Crippen LogP contribution is -2.30. The molecule has 0 spiro atoms. The van der Waals surface area contributed by atoms with Crippen molar-refractivity contribution < 1.29 is 9.18 Å². The van der Waals surface area contributed by atoms with E-state index in [-0.39, 0.29) is 23.5 Å². The lowest BCUT2D eigenvalue weighted by molar-refractivity contribution is 0.0937. The van der Waals surface area contributed by atoms with E-state index >= 15 is 0 Å². The molecule has 0 fully saturated rings. The Labute approximate surface area is 110 Å². The van der Waals surface area contributed by atoms with Crippen molar-refractivity contribution in [1.29, 1.82) is 0 Å². The molecule has 2 rings (SSSR count). The smallest absolute Gasteiger partial charge is 0.273 e. The Bertz CT molecular complexity index is 589. The summed E-state index contributed by atoms with van der Waals surface area (Å²) in [7, 11) is 0. The zero-order valence-corrected chi connectivity index (χ0v) is 11.0. The van der Waals surface area contributed by atoms with E-state index in [9.17, 15) is 9.18 Å². The average molecular weight is 262 g/mol. The first-order valence-corrected chi connectivity index (χ1v) is 5.98. The first-order valence-electron chi connectivity index (χ1n) is 5.98. The predicted molar refractivity (Wildman–Crippen MR) is 68.7 cm³/mol. The van der Waals surface area contributed by atoms with Crippen molar-refractivity contribution in [2.24, 2.45) is 0 Å². The summed E-state index contributed by atoms with van der Waals surface area (Å²) in [6.07, 6.45) is 0. The summed E-state index contributed by atoms with van der Waals surface area (Å²) in [5, 5.41) is 10.6. The summed E-state index contributed by atoms with van der Waals surface area (Å²) in [6.45, 7) is 5.49. The van der Waals surface area contributed by atoms with E-state index in [1.807, 2.05) is 13.8 Å². The number of rotatable bonds is 3. The molecule has 100 valence electrons. The summed E-state index contributed by atoms with van der Waals surface area (Å²) in [4.78, 5) is 11.9. The van der Waals surface area contributed by atoms with Gasteiger partial charge in [0, 0.05) is 6.04 Å². The maximum absolute atomic E-state index is 12.9. The highest BCUT2D eigenvalue weighted by Gasteiger charge is 2.17. The first-order chi connectivity index (χ1) is 8.99. The van der Waals surface area contributed by atoms with Crippen molar-refractivity contribution in [3.63, 3.8) is 0 Å². The molecule has 0 aliphatic rings. The van der Waals surface area contributed by atoms with E-state index in [0.717, 1.165) is 0 Å². The third kappa shape index (κ3) is 2.78. The van der Waals surface area contributed by atoms with Gasteiger partial charge in [-0.05, 0) is 45.0 Å². The fourth-order valence-corrected chi connectivity index (χ4v) is 1.70. The van der Waals surface area contributed by atoms with Crippen molar-refractivity contribution >= 4 is 5.91 Å². The number of hydrogen-bond donors (Lipinski definition) is 1. The van der Waals surface area contributed by atoms with Gasteiger partial charge in [-0.15, -0.1) is 5.10 Å². The van der Waals surface area contributed by atoms with Gasteiger partial charge in [0.2, 0.25) is 0 Å². The standard InChI is InChI=1S/C13H15FN4O/c1-8(2)15-13(19)12-9(3)18(17-16-12)11-6-4-10(14)5-7-11/h4-8H,1-3H3,(H,15,19). The van der Waals surface area contributed by atoms with Crippen LogP contribution < -0.4 is 5.32 Å². The van der Waals surface area contributed by atoms with Crippen LogP contribution in [0.1, 0.15) is 30.0 Å². The van der Waals surface area contributed by atoms with Gasteiger partial charge in [0.1, 0.15) is 5.82 Å². The second kappa shape index (κ2) is 5.17. The molecule has 1 aromatic heterocycles. The van der Waals surface area contributed by atoms with Crippen molar-refractivity contribution in [2.75, 3.05) is 0 Å². The number of aromatic nitrogens is 3. The fourth-order valence-electron chi connectivity index (χ4n) is 1.70. The number of carbonyl (C=O) groups is 1. The zero-order valence-electron chi connectivity index (χ0n) is 11.0. The number of hydrogen-bond acceptors (Lipinski definition) is 3. The minimum Gasteiger partial charge on any atom is -0.348 e. The predicted octanol–water partition coefficient (Wildman–Crippen LogP) is 1.85. The second-order valence-electron chi connectivity index (χ2n) is 4.54. The Morgan fingerprint density at radius 1 is 1.32 bits per heavy atom. The highest BCUT2D eigenvalue weighted by atomic mass is 19.1. The van der Waals surface area contributed by atoms with Crippen LogP contribution in [0.4, 0.5) is 4.39 Å². The van der Waals surface area contributed by atoms with Gasteiger partial charge < -0.3 is 5.32 Å². The topological polar surface area (TPSA) is 59.8 Å². The van der Waals surface area contributed by atoms with Gasteiger partial charge >= 0.3 is 0 Å². The highest BCUT2D eigenvalue weighted by molar-refractivity contribution is 5.93. The molecular weight excluding hydrogens is 247 g/mol. The Morgan fingerprint density at radius 2 is 1.95 bits per heavy atom. The maximum atomic E-state index is 12.9. The van der Waals surface area contributed by atoms with Crippen LogP contribution in [0.25, 0.3) is 5.69 Å². The number of carbonyl (C=O) groups excluding carboxylic acids is 1. The molecule has 0 aliphatic carbocycles. The number of amides is 1. The molecule has 0 saturated carbocycles. The summed E-state index contributed by atoms with van der Waals surface area (Å²) in [5.74, 6) is -0.583. The van der Waals surface area contributed by atoms with Gasteiger partial charge in [0.15, 0.2) is 5.69 Å². The molecular formula is C13H15FN4O. The minimum absolute atomic E-state index is 0.0304. The normalized spacial score (nSPS) is 10.8. The van der Waals surface area contributed by atoms with Gasteiger partial charge in [-0.3, -0.25) is 4.79 Å². The molecule has 0 bridgehead atoms. The molecule has 6 heteroatoms. The Morgan fingerprint density at radius 3 is 2.53 bits per heavy atom. The van der Waals surface area contributed by atoms with E-state index in [1.165, 1.54) is 16.8 Å². The van der Waals surface area contributed by atoms with Crippen LogP contribution in [0.2, 0.25) is 0 Å². The maximum Gasteiger partial charge on any atom is 0.273 e. The molecule has 0 radical (unpaired) electrons. The Balaban J connectivity index is 2.32. The van der Waals surface area contributed by atoms with Gasteiger partial charge in [-0.25, -0.2) is 9.07 Å². The number of benzene rings is 1. The van der Waals surface area contributed by atoms with Crippen molar-refractivity contribution in [3.8, 4) is 5.69 Å². The summed E-state index contributed by atoms with van der Waals surface area (Å²) < 4.78 is 14.4. The molecule has 1 N–H and O–H groups in total. The van der Waals surface area contributed by atoms with Gasteiger partial charge in [0.05, 0.1) is 11.4 Å². The third-order valence-electron chi connectivity index (χ3n) is 2.60. The SMILES string of the molecule is Cc1c(C(=O)NC(C)C)nnn1-c1ccc(F)cc1. The molecule has 1 aromatic carbocycles. The quantitative estimate of drug-likeness (QED) is 0.918. The summed E-state index contributed by atoms with van der Waals surface area (Å²) in [5.41, 5.74) is 1.55. The highest BCUT2D eigenvalue weighted by Crippen LogP contribution is 2.12. The van der Waals surface area contributed by atoms with E-state index in [4.69, 9.17) is 0 Å². The minimum atomic E-state index is -0.320. The van der Waals surface area contributed by atoms with Crippen LogP contribution >= 0.6 is 0 Å². The Hall–Kier alpha value is -2.24. The largest absolute Gasteiger partial charge is 0.348 e. The molecule has 2 aromatic rings. The van der Waals surface area contributed by atoms with Crippen molar-refractivity contribution in [2.45, 2.75) is 26.8 Å². The first kappa shape index (κ1) is 13.2. The van der Waals surface area contributed by atoms with Crippen LogP contribution in [0, 0.1) is 12.7 Å². The molecule has 19 heavy (non-hydrogen) atoms. The van der Waals surface area contributed by atoms with E-state index in [0.29, 0.717) is 11.4 Å². The van der Waals surface area contributed by atoms with Crippen LogP contribution in [-0.4, -0.2) is 26.9 Å². The number of nitrogens with zero attached hydrogens (tertiary/aromatic N) is 3. The fraction of sp³-hybridized carbons (Fsp3) is 0.308. The molecule has 1 amide bonds. The summed E-state index contributed by atoms with van der Waals surface area (Å²) >= 11 is 0. The molecule has 0 atom stereocenters. The number of nitrogens with one attached hydrogen (secondary N) is 1. The molecule has 1 heterocycles. The van der Waals surface area contributed by atoms with Crippen LogP contribution in [-0.2, 0) is 0 Å². The monoisotopic (exact) mass is 262 g/mol. The van der Waals surface area contributed by atoms with Crippen LogP contribution in [0.3, 0.4) is 0 Å². The van der Waals surface area contributed by atoms with E-state index < -0.39 is 0 Å². The average Bonchev–Trinajstić information content (AvgIpc) is 2.71. The summed E-state index contributed by atoms with van der Waals surface area (Å²) in [6, 6.07) is 5.87. The number of halogens is 1. The lowest BCUT2D eigenvalue weighted by Gasteiger charge is -2.07. The second-order valence-corrected chi connectivity index (χ2v) is 4.54. The molecule has 0 aliphatic heterocycles. The molecule has 0 saturated heterocycles. The van der Waals surface area contributed by atoms with Gasteiger partial charge in [-0.2, -0.15) is 0 Å². The zero-order chi connectivity index (χ0) is 14.0. The lowest BCUT2D eigenvalue weighted by atomic mass is 10.2. The van der Waals surface area contributed by atoms with Gasteiger partial charge in [0.25, 0.3) is 5.91 Å². The van der Waals surface area contributed by atoms with Gasteiger partial charge in [-0.1, -0.05) is 5.21 Å².